The number of nitrogens with zero attached hydrogens (tertiary/aromatic N) is 1. The minimum Gasteiger partial charge on any atom is -0.496 e. The van der Waals surface area contributed by atoms with E-state index in [0.29, 0.717) is 5.75 Å². The molecule has 0 aliphatic carbocycles. The van der Waals surface area contributed by atoms with Gasteiger partial charge in [-0.2, -0.15) is 0 Å². The largest absolute Gasteiger partial charge is 0.496 e. The molecule has 1 atom stereocenters. The van der Waals surface area contributed by atoms with E-state index in [1.807, 2.05) is 31.2 Å². The Morgan fingerprint density at radius 3 is 2.57 bits per heavy atom. The van der Waals surface area contributed by atoms with Gasteiger partial charge >= 0.3 is 0 Å². The van der Waals surface area contributed by atoms with Crippen LogP contribution in [0, 0.1) is 0 Å². The molecule has 0 radical (unpaired) electrons. The third-order valence-corrected chi connectivity index (χ3v) is 4.24. The molecule has 0 fully saturated rings. The molecular formula is C14H22N2O4S. The number of hydrogen-bond donors (Lipinski definition) is 1. The maximum absolute atomic E-state index is 12.1. The van der Waals surface area contributed by atoms with Crippen molar-refractivity contribution >= 4 is 15.9 Å². The maximum atomic E-state index is 12.1. The molecule has 118 valence electrons. The predicted octanol–water partition coefficient (Wildman–Crippen LogP) is 1.28. The van der Waals surface area contributed by atoms with Gasteiger partial charge in [-0.1, -0.05) is 18.2 Å². The highest BCUT2D eigenvalue weighted by atomic mass is 32.2. The lowest BCUT2D eigenvalue weighted by Crippen LogP contribution is -2.30. The number of carbonyl (C=O) groups excluding carboxylic acids is 1. The second kappa shape index (κ2) is 7.42. The molecule has 1 amide bonds. The number of rotatable bonds is 7. The summed E-state index contributed by atoms with van der Waals surface area (Å²) in [6.07, 6.45) is 0.368. The number of hydrogen-bond acceptors (Lipinski definition) is 4. The first-order valence-electron chi connectivity index (χ1n) is 6.65. The smallest absolute Gasteiger partial charge is 0.222 e. The molecule has 6 nitrogen and oxygen atoms in total. The SMILES string of the molecule is COc1ccccc1C(C)N(C)C(=O)CCCS(N)(=O)=O. The molecule has 21 heavy (non-hydrogen) atoms. The third-order valence-electron chi connectivity index (χ3n) is 3.38. The lowest BCUT2D eigenvalue weighted by atomic mass is 10.1. The van der Waals surface area contributed by atoms with E-state index in [1.165, 1.54) is 0 Å². The molecule has 7 heteroatoms. The molecule has 1 rings (SSSR count). The molecule has 1 aromatic rings. The minimum atomic E-state index is -3.52. The molecule has 0 aliphatic rings. The van der Waals surface area contributed by atoms with Crippen LogP contribution in [0.3, 0.4) is 0 Å². The second-order valence-corrected chi connectivity index (χ2v) is 6.63. The van der Waals surface area contributed by atoms with Gasteiger partial charge in [0.15, 0.2) is 0 Å². The van der Waals surface area contributed by atoms with Gasteiger partial charge in [-0.25, -0.2) is 13.6 Å². The molecule has 1 unspecified atom stereocenters. The normalized spacial score (nSPS) is 12.8. The minimum absolute atomic E-state index is 0.128. The summed E-state index contributed by atoms with van der Waals surface area (Å²) in [5, 5.41) is 4.92. The molecular weight excluding hydrogens is 292 g/mol. The van der Waals surface area contributed by atoms with Crippen LogP contribution in [0.25, 0.3) is 0 Å². The molecule has 2 N–H and O–H groups in total. The first kappa shape index (κ1) is 17.5. The number of primary sulfonamides is 1. The average molecular weight is 314 g/mol. The van der Waals surface area contributed by atoms with Crippen LogP contribution in [0.5, 0.6) is 5.75 Å². The zero-order chi connectivity index (χ0) is 16.0. The summed E-state index contributed by atoms with van der Waals surface area (Å²) in [5.41, 5.74) is 0.905. The van der Waals surface area contributed by atoms with Crippen LogP contribution in [-0.4, -0.2) is 39.1 Å². The van der Waals surface area contributed by atoms with Gasteiger partial charge in [-0.05, 0) is 19.4 Å². The number of amides is 1. The van der Waals surface area contributed by atoms with Crippen molar-refractivity contribution in [1.82, 2.24) is 4.90 Å². The lowest BCUT2D eigenvalue weighted by molar-refractivity contribution is -0.131. The van der Waals surface area contributed by atoms with E-state index < -0.39 is 10.0 Å². The quantitative estimate of drug-likeness (QED) is 0.821. The molecule has 0 saturated carbocycles. The van der Waals surface area contributed by atoms with Crippen LogP contribution >= 0.6 is 0 Å². The van der Waals surface area contributed by atoms with E-state index in [1.54, 1.807) is 19.1 Å². The highest BCUT2D eigenvalue weighted by molar-refractivity contribution is 7.89. The first-order valence-corrected chi connectivity index (χ1v) is 8.37. The number of nitrogens with two attached hydrogens (primary N) is 1. The standard InChI is InChI=1S/C14H22N2O4S/c1-11(12-7-4-5-8-13(12)20-3)16(2)14(17)9-6-10-21(15,18)19/h4-5,7-8,11H,6,9-10H2,1-3H3,(H2,15,18,19). The van der Waals surface area contributed by atoms with Gasteiger partial charge in [0.2, 0.25) is 15.9 Å². The monoisotopic (exact) mass is 314 g/mol. The number of carbonyl (C=O) groups is 1. The highest BCUT2D eigenvalue weighted by Gasteiger charge is 2.20. The van der Waals surface area contributed by atoms with Gasteiger partial charge in [-0.15, -0.1) is 0 Å². The Hall–Kier alpha value is -1.60. The molecule has 0 spiro atoms. The van der Waals surface area contributed by atoms with E-state index in [2.05, 4.69) is 0 Å². The van der Waals surface area contributed by atoms with Gasteiger partial charge in [0, 0.05) is 19.0 Å². The molecule has 0 aliphatic heterocycles. The van der Waals surface area contributed by atoms with Crippen LogP contribution in [0.15, 0.2) is 24.3 Å². The van der Waals surface area contributed by atoms with Gasteiger partial charge in [0.1, 0.15) is 5.75 Å². The Labute approximate surface area is 125 Å². The van der Waals surface area contributed by atoms with Crippen LogP contribution in [-0.2, 0) is 14.8 Å². The number of ether oxygens (including phenoxy) is 1. The number of para-hydroxylation sites is 1. The zero-order valence-corrected chi connectivity index (χ0v) is 13.4. The van der Waals surface area contributed by atoms with Crippen molar-refractivity contribution in [2.24, 2.45) is 5.14 Å². The summed E-state index contributed by atoms with van der Waals surface area (Å²) in [5.74, 6) is 0.404. The summed E-state index contributed by atoms with van der Waals surface area (Å²) >= 11 is 0. The topological polar surface area (TPSA) is 89.7 Å². The average Bonchev–Trinajstić information content (AvgIpc) is 2.44. The van der Waals surface area contributed by atoms with Gasteiger partial charge in [0.25, 0.3) is 0 Å². The maximum Gasteiger partial charge on any atom is 0.222 e. The Bertz CT molecular complexity index is 586. The van der Waals surface area contributed by atoms with Gasteiger partial charge in [0.05, 0.1) is 18.9 Å². The van der Waals surface area contributed by atoms with Crippen molar-refractivity contribution in [3.05, 3.63) is 29.8 Å². The Balaban J connectivity index is 2.69. The van der Waals surface area contributed by atoms with E-state index in [9.17, 15) is 13.2 Å². The van der Waals surface area contributed by atoms with Crippen molar-refractivity contribution in [3.63, 3.8) is 0 Å². The summed E-state index contributed by atoms with van der Waals surface area (Å²) in [6, 6.07) is 7.32. The Kier molecular flexibility index (Phi) is 6.17. The fourth-order valence-electron chi connectivity index (χ4n) is 2.04. The predicted molar refractivity (Wildman–Crippen MR) is 81.4 cm³/mol. The van der Waals surface area contributed by atoms with Crippen LogP contribution in [0.1, 0.15) is 31.4 Å². The summed E-state index contributed by atoms with van der Waals surface area (Å²) in [6.45, 7) is 1.90. The van der Waals surface area contributed by atoms with E-state index in [-0.39, 0.29) is 30.5 Å². The third kappa shape index (κ3) is 5.35. The molecule has 0 saturated heterocycles. The fraction of sp³-hybridized carbons (Fsp3) is 0.500. The molecule has 0 heterocycles. The zero-order valence-electron chi connectivity index (χ0n) is 12.6. The summed E-state index contributed by atoms with van der Waals surface area (Å²) < 4.78 is 27.0. The number of sulfonamides is 1. The van der Waals surface area contributed by atoms with Crippen molar-refractivity contribution in [1.29, 1.82) is 0 Å². The lowest BCUT2D eigenvalue weighted by Gasteiger charge is -2.26. The van der Waals surface area contributed by atoms with Crippen molar-refractivity contribution in [2.75, 3.05) is 19.9 Å². The Morgan fingerprint density at radius 2 is 2.00 bits per heavy atom. The molecule has 0 bridgehead atoms. The summed E-state index contributed by atoms with van der Waals surface area (Å²) in [4.78, 5) is 13.7. The van der Waals surface area contributed by atoms with Crippen molar-refractivity contribution < 1.29 is 17.9 Å². The van der Waals surface area contributed by atoms with Gasteiger partial charge < -0.3 is 9.64 Å². The highest BCUT2D eigenvalue weighted by Crippen LogP contribution is 2.28. The van der Waals surface area contributed by atoms with Crippen molar-refractivity contribution in [3.8, 4) is 5.75 Å². The number of benzene rings is 1. The van der Waals surface area contributed by atoms with Crippen LogP contribution < -0.4 is 9.88 Å². The molecule has 1 aromatic carbocycles. The first-order chi connectivity index (χ1) is 9.76. The molecule has 0 aromatic heterocycles. The fourth-order valence-corrected chi connectivity index (χ4v) is 2.58. The van der Waals surface area contributed by atoms with Gasteiger partial charge in [-0.3, -0.25) is 4.79 Å². The van der Waals surface area contributed by atoms with Crippen molar-refractivity contribution in [2.45, 2.75) is 25.8 Å². The van der Waals surface area contributed by atoms with E-state index in [4.69, 9.17) is 9.88 Å². The van der Waals surface area contributed by atoms with Crippen LogP contribution in [0.4, 0.5) is 0 Å². The van der Waals surface area contributed by atoms with E-state index >= 15 is 0 Å². The summed E-state index contributed by atoms with van der Waals surface area (Å²) in [7, 11) is -0.246. The Morgan fingerprint density at radius 1 is 1.38 bits per heavy atom. The van der Waals surface area contributed by atoms with E-state index in [0.717, 1.165) is 5.56 Å². The van der Waals surface area contributed by atoms with Crippen LogP contribution in [0.2, 0.25) is 0 Å². The second-order valence-electron chi connectivity index (χ2n) is 4.89. The number of methoxy groups -OCH3 is 1.